The first-order valence-corrected chi connectivity index (χ1v) is 3.13. The van der Waals surface area contributed by atoms with Gasteiger partial charge in [0.05, 0.1) is 0 Å². The maximum Gasteiger partial charge on any atom is 0.343 e. The fourth-order valence-corrected chi connectivity index (χ4v) is 0.765. The highest BCUT2D eigenvalue weighted by molar-refractivity contribution is 5.74. The first-order chi connectivity index (χ1) is 5.22. The zero-order valence-corrected chi connectivity index (χ0v) is 5.70. The van der Waals surface area contributed by atoms with E-state index in [-0.39, 0.29) is 5.56 Å². The molecule has 1 N–H and O–H groups in total. The van der Waals surface area contributed by atoms with Crippen molar-refractivity contribution in [2.45, 2.75) is 6.17 Å². The zero-order chi connectivity index (χ0) is 8.27. The molecule has 1 atom stereocenters. The smallest absolute Gasteiger partial charge is 0.343 e. The van der Waals surface area contributed by atoms with Gasteiger partial charge in [0.1, 0.15) is 0 Å². The van der Waals surface area contributed by atoms with E-state index in [9.17, 15) is 9.18 Å². The highest BCUT2D eigenvalue weighted by Crippen LogP contribution is 2.15. The molecule has 0 saturated carbocycles. The molecular formula is C8H7FO2. The van der Waals surface area contributed by atoms with E-state index in [1.165, 1.54) is 12.1 Å². The number of carboxylic acid groups (broad SMARTS) is 1. The van der Waals surface area contributed by atoms with Crippen LogP contribution in [0.4, 0.5) is 4.39 Å². The lowest BCUT2D eigenvalue weighted by Gasteiger charge is -2.00. The average Bonchev–Trinajstić information content (AvgIpc) is 2.05. The fraction of sp³-hybridized carbons (Fsp3) is 0.125. The van der Waals surface area contributed by atoms with Crippen molar-refractivity contribution < 1.29 is 14.3 Å². The zero-order valence-electron chi connectivity index (χ0n) is 5.70. The Kier molecular flexibility index (Phi) is 2.21. The first-order valence-electron chi connectivity index (χ1n) is 3.13. The van der Waals surface area contributed by atoms with Crippen molar-refractivity contribution >= 4 is 5.97 Å². The molecule has 0 aliphatic rings. The summed E-state index contributed by atoms with van der Waals surface area (Å²) in [6.45, 7) is 0. The Labute approximate surface area is 63.3 Å². The van der Waals surface area contributed by atoms with Gasteiger partial charge in [-0.05, 0) is 5.56 Å². The van der Waals surface area contributed by atoms with E-state index in [4.69, 9.17) is 5.11 Å². The second-order valence-electron chi connectivity index (χ2n) is 2.11. The third kappa shape index (κ3) is 1.77. The summed E-state index contributed by atoms with van der Waals surface area (Å²) in [5.74, 6) is -1.45. The normalized spacial score (nSPS) is 12.5. The van der Waals surface area contributed by atoms with Gasteiger partial charge in [0.25, 0.3) is 0 Å². The van der Waals surface area contributed by atoms with Crippen molar-refractivity contribution in [3.05, 3.63) is 35.9 Å². The number of aliphatic carboxylic acids is 1. The third-order valence-corrected chi connectivity index (χ3v) is 1.31. The molecule has 2 nitrogen and oxygen atoms in total. The topological polar surface area (TPSA) is 37.3 Å². The maximum absolute atomic E-state index is 12.7. The Morgan fingerprint density at radius 3 is 2.36 bits per heavy atom. The van der Waals surface area contributed by atoms with Crippen LogP contribution in [0, 0.1) is 0 Å². The lowest BCUT2D eigenvalue weighted by Crippen LogP contribution is -2.05. The Balaban J connectivity index is 2.85. The van der Waals surface area contributed by atoms with E-state index >= 15 is 0 Å². The standard InChI is InChI=1S/C8H7FO2/c9-7(8(10)11)6-4-2-1-3-5-6/h1-5,7H,(H,10,11). The van der Waals surface area contributed by atoms with Gasteiger partial charge < -0.3 is 5.11 Å². The number of benzene rings is 1. The number of hydrogen-bond donors (Lipinski definition) is 1. The second kappa shape index (κ2) is 3.14. The average molecular weight is 154 g/mol. The Hall–Kier alpha value is -1.38. The molecule has 11 heavy (non-hydrogen) atoms. The van der Waals surface area contributed by atoms with E-state index in [0.29, 0.717) is 0 Å². The molecule has 3 heteroatoms. The molecular weight excluding hydrogens is 147 g/mol. The summed E-state index contributed by atoms with van der Waals surface area (Å²) in [5.41, 5.74) is 0.181. The summed E-state index contributed by atoms with van der Waals surface area (Å²) in [6.07, 6.45) is -1.91. The van der Waals surface area contributed by atoms with Gasteiger partial charge in [-0.3, -0.25) is 0 Å². The van der Waals surface area contributed by atoms with Crippen LogP contribution in [0.3, 0.4) is 0 Å². The van der Waals surface area contributed by atoms with Crippen LogP contribution in [-0.4, -0.2) is 11.1 Å². The molecule has 0 bridgehead atoms. The van der Waals surface area contributed by atoms with Gasteiger partial charge in [-0.15, -0.1) is 0 Å². The molecule has 0 amide bonds. The monoisotopic (exact) mass is 154 g/mol. The number of alkyl halides is 1. The van der Waals surface area contributed by atoms with Crippen molar-refractivity contribution in [2.75, 3.05) is 0 Å². The van der Waals surface area contributed by atoms with Crippen LogP contribution in [0.5, 0.6) is 0 Å². The summed E-state index contributed by atoms with van der Waals surface area (Å²) < 4.78 is 12.7. The van der Waals surface area contributed by atoms with Crippen molar-refractivity contribution in [3.63, 3.8) is 0 Å². The summed E-state index contributed by atoms with van der Waals surface area (Å²) in [5, 5.41) is 8.26. The van der Waals surface area contributed by atoms with Gasteiger partial charge >= 0.3 is 5.97 Å². The Morgan fingerprint density at radius 1 is 1.36 bits per heavy atom. The van der Waals surface area contributed by atoms with Gasteiger partial charge in [-0.1, -0.05) is 30.3 Å². The van der Waals surface area contributed by atoms with Crippen LogP contribution in [0.15, 0.2) is 30.3 Å². The number of carboxylic acids is 1. The van der Waals surface area contributed by atoms with Crippen LogP contribution >= 0.6 is 0 Å². The molecule has 0 fully saturated rings. The molecule has 0 aliphatic heterocycles. The quantitative estimate of drug-likeness (QED) is 0.704. The van der Waals surface area contributed by atoms with Crippen LogP contribution in [0.25, 0.3) is 0 Å². The van der Waals surface area contributed by atoms with E-state index in [2.05, 4.69) is 0 Å². The van der Waals surface area contributed by atoms with Crippen molar-refractivity contribution in [1.29, 1.82) is 0 Å². The van der Waals surface area contributed by atoms with Crippen LogP contribution in [-0.2, 0) is 4.79 Å². The molecule has 58 valence electrons. The largest absolute Gasteiger partial charge is 0.479 e. The van der Waals surface area contributed by atoms with Crippen molar-refractivity contribution in [3.8, 4) is 0 Å². The summed E-state index contributed by atoms with van der Waals surface area (Å²) in [6, 6.07) is 7.80. The van der Waals surface area contributed by atoms with Crippen LogP contribution in [0.2, 0.25) is 0 Å². The van der Waals surface area contributed by atoms with Gasteiger partial charge in [-0.2, -0.15) is 0 Å². The highest BCUT2D eigenvalue weighted by atomic mass is 19.1. The fourth-order valence-electron chi connectivity index (χ4n) is 0.765. The second-order valence-corrected chi connectivity index (χ2v) is 2.11. The third-order valence-electron chi connectivity index (χ3n) is 1.31. The van der Waals surface area contributed by atoms with Gasteiger partial charge in [0.15, 0.2) is 0 Å². The molecule has 1 unspecified atom stereocenters. The van der Waals surface area contributed by atoms with Crippen molar-refractivity contribution in [2.24, 2.45) is 0 Å². The lowest BCUT2D eigenvalue weighted by molar-refractivity contribution is -0.143. The van der Waals surface area contributed by atoms with E-state index in [1.54, 1.807) is 18.2 Å². The van der Waals surface area contributed by atoms with E-state index in [0.717, 1.165) is 0 Å². The van der Waals surface area contributed by atoms with E-state index < -0.39 is 12.1 Å². The molecule has 0 spiro atoms. The minimum Gasteiger partial charge on any atom is -0.479 e. The maximum atomic E-state index is 12.7. The van der Waals surface area contributed by atoms with Gasteiger partial charge in [0.2, 0.25) is 6.17 Å². The molecule has 1 rings (SSSR count). The van der Waals surface area contributed by atoms with Crippen LogP contribution in [0.1, 0.15) is 11.7 Å². The minimum atomic E-state index is -1.91. The molecule has 0 aromatic heterocycles. The number of rotatable bonds is 2. The number of carbonyl (C=O) groups is 1. The molecule has 1 aromatic carbocycles. The van der Waals surface area contributed by atoms with E-state index in [1.807, 2.05) is 0 Å². The molecule has 1 aromatic rings. The lowest BCUT2D eigenvalue weighted by atomic mass is 10.1. The molecule has 0 saturated heterocycles. The SMILES string of the molecule is O=C(O)C(F)c1ccccc1. The Bertz CT molecular complexity index is 246. The highest BCUT2D eigenvalue weighted by Gasteiger charge is 2.16. The summed E-state index contributed by atoms with van der Waals surface area (Å²) in [7, 11) is 0. The first kappa shape index (κ1) is 7.72. The molecule has 0 aliphatic carbocycles. The van der Waals surface area contributed by atoms with Crippen molar-refractivity contribution in [1.82, 2.24) is 0 Å². The molecule has 0 heterocycles. The number of hydrogen-bond acceptors (Lipinski definition) is 1. The summed E-state index contributed by atoms with van der Waals surface area (Å²) >= 11 is 0. The minimum absolute atomic E-state index is 0.181. The van der Waals surface area contributed by atoms with Crippen LogP contribution < -0.4 is 0 Å². The summed E-state index contributed by atoms with van der Waals surface area (Å²) in [4.78, 5) is 10.1. The number of halogens is 1. The van der Waals surface area contributed by atoms with Gasteiger partial charge in [0, 0.05) is 0 Å². The van der Waals surface area contributed by atoms with Gasteiger partial charge in [-0.25, -0.2) is 9.18 Å². The predicted octanol–water partition coefficient (Wildman–Crippen LogP) is 1.78. The Morgan fingerprint density at radius 2 is 1.91 bits per heavy atom. The predicted molar refractivity (Wildman–Crippen MR) is 37.9 cm³/mol. The molecule has 0 radical (unpaired) electrons.